The van der Waals surface area contributed by atoms with Crippen LogP contribution in [0.4, 0.5) is 0 Å². The summed E-state index contributed by atoms with van der Waals surface area (Å²) in [7, 11) is 0. The van der Waals surface area contributed by atoms with Crippen molar-refractivity contribution in [1.29, 1.82) is 0 Å². The van der Waals surface area contributed by atoms with E-state index < -0.39 is 5.60 Å². The second-order valence-corrected chi connectivity index (χ2v) is 5.82. The van der Waals surface area contributed by atoms with E-state index in [4.69, 9.17) is 4.42 Å². The van der Waals surface area contributed by atoms with Crippen LogP contribution < -0.4 is 5.32 Å². The quantitative estimate of drug-likeness (QED) is 0.735. The standard InChI is InChI=1S/C18H21N3O2/c1-14-20-12-16(21(14)15-7-4-3-5-8-15)11-19-13-18(2,22)17-9-6-10-23-17/h3-10,12,19,22H,11,13H2,1-2H3. The summed E-state index contributed by atoms with van der Waals surface area (Å²) >= 11 is 0. The first-order valence-electron chi connectivity index (χ1n) is 7.63. The lowest BCUT2D eigenvalue weighted by Crippen LogP contribution is -2.35. The largest absolute Gasteiger partial charge is 0.466 e. The molecule has 3 aromatic rings. The summed E-state index contributed by atoms with van der Waals surface area (Å²) in [6.45, 7) is 4.71. The number of rotatable bonds is 6. The minimum Gasteiger partial charge on any atom is -0.466 e. The third kappa shape index (κ3) is 3.36. The van der Waals surface area contributed by atoms with Crippen LogP contribution in [0.15, 0.2) is 59.3 Å². The first-order chi connectivity index (χ1) is 11.1. The van der Waals surface area contributed by atoms with E-state index in [1.807, 2.05) is 31.3 Å². The van der Waals surface area contributed by atoms with Gasteiger partial charge in [0.25, 0.3) is 0 Å². The molecular weight excluding hydrogens is 290 g/mol. The van der Waals surface area contributed by atoms with Gasteiger partial charge in [-0.15, -0.1) is 0 Å². The number of imidazole rings is 1. The van der Waals surface area contributed by atoms with Gasteiger partial charge in [0.15, 0.2) is 0 Å². The van der Waals surface area contributed by atoms with Gasteiger partial charge < -0.3 is 14.8 Å². The Hall–Kier alpha value is -2.37. The van der Waals surface area contributed by atoms with Gasteiger partial charge in [0.05, 0.1) is 18.2 Å². The summed E-state index contributed by atoms with van der Waals surface area (Å²) in [5.74, 6) is 1.49. The smallest absolute Gasteiger partial charge is 0.136 e. The Labute approximate surface area is 135 Å². The molecule has 0 saturated carbocycles. The number of nitrogens with one attached hydrogen (secondary N) is 1. The average molecular weight is 311 g/mol. The molecule has 120 valence electrons. The Balaban J connectivity index is 1.70. The van der Waals surface area contributed by atoms with E-state index >= 15 is 0 Å². The Morgan fingerprint density at radius 2 is 2.00 bits per heavy atom. The highest BCUT2D eigenvalue weighted by molar-refractivity contribution is 5.35. The molecule has 2 aromatic heterocycles. The maximum absolute atomic E-state index is 10.5. The minimum absolute atomic E-state index is 0.388. The molecule has 0 radical (unpaired) electrons. The van der Waals surface area contributed by atoms with E-state index in [1.165, 1.54) is 0 Å². The number of nitrogens with zero attached hydrogens (tertiary/aromatic N) is 2. The number of aliphatic hydroxyl groups is 1. The molecule has 2 heterocycles. The van der Waals surface area contributed by atoms with Gasteiger partial charge in [-0.1, -0.05) is 18.2 Å². The fourth-order valence-electron chi connectivity index (χ4n) is 2.65. The molecule has 2 N–H and O–H groups in total. The van der Waals surface area contributed by atoms with Crippen LogP contribution in [0.3, 0.4) is 0 Å². The van der Waals surface area contributed by atoms with Crippen molar-refractivity contribution in [3.8, 4) is 5.69 Å². The molecule has 0 bridgehead atoms. The normalized spacial score (nSPS) is 13.9. The molecule has 5 heteroatoms. The second-order valence-electron chi connectivity index (χ2n) is 5.82. The van der Waals surface area contributed by atoms with E-state index in [0.717, 1.165) is 17.2 Å². The lowest BCUT2D eigenvalue weighted by molar-refractivity contribution is 0.0339. The summed E-state index contributed by atoms with van der Waals surface area (Å²) in [4.78, 5) is 4.40. The van der Waals surface area contributed by atoms with Gasteiger partial charge in [0.2, 0.25) is 0 Å². The monoisotopic (exact) mass is 311 g/mol. The van der Waals surface area contributed by atoms with E-state index in [1.54, 1.807) is 25.3 Å². The van der Waals surface area contributed by atoms with Crippen molar-refractivity contribution in [3.63, 3.8) is 0 Å². The lowest BCUT2D eigenvalue weighted by Gasteiger charge is -2.21. The molecule has 0 aliphatic carbocycles. The first-order valence-corrected chi connectivity index (χ1v) is 7.63. The van der Waals surface area contributed by atoms with E-state index in [2.05, 4.69) is 27.0 Å². The minimum atomic E-state index is -1.05. The van der Waals surface area contributed by atoms with Gasteiger partial charge in [-0.05, 0) is 38.1 Å². The van der Waals surface area contributed by atoms with Gasteiger partial charge in [-0.2, -0.15) is 0 Å². The summed E-state index contributed by atoms with van der Waals surface area (Å²) in [5.41, 5.74) is 1.08. The number of benzene rings is 1. The maximum Gasteiger partial charge on any atom is 0.136 e. The Morgan fingerprint density at radius 1 is 1.22 bits per heavy atom. The molecule has 0 aliphatic rings. The number of hydrogen-bond donors (Lipinski definition) is 2. The first kappa shape index (κ1) is 15.5. The summed E-state index contributed by atoms with van der Waals surface area (Å²) < 4.78 is 7.40. The van der Waals surface area contributed by atoms with Gasteiger partial charge >= 0.3 is 0 Å². The zero-order valence-corrected chi connectivity index (χ0v) is 13.4. The zero-order valence-electron chi connectivity index (χ0n) is 13.4. The van der Waals surface area contributed by atoms with Crippen molar-refractivity contribution < 1.29 is 9.52 Å². The van der Waals surface area contributed by atoms with Crippen molar-refractivity contribution >= 4 is 0 Å². The number of para-hydroxylation sites is 1. The predicted molar refractivity (Wildman–Crippen MR) is 88.3 cm³/mol. The maximum atomic E-state index is 10.5. The molecule has 1 atom stereocenters. The van der Waals surface area contributed by atoms with Crippen LogP contribution >= 0.6 is 0 Å². The molecule has 0 amide bonds. The molecule has 1 unspecified atom stereocenters. The highest BCUT2D eigenvalue weighted by Gasteiger charge is 2.25. The summed E-state index contributed by atoms with van der Waals surface area (Å²) in [6, 6.07) is 13.7. The second kappa shape index (κ2) is 6.40. The highest BCUT2D eigenvalue weighted by atomic mass is 16.4. The Kier molecular flexibility index (Phi) is 4.32. The Bertz CT molecular complexity index is 746. The van der Waals surface area contributed by atoms with E-state index in [9.17, 15) is 5.11 Å². The molecular formula is C18H21N3O2. The average Bonchev–Trinajstić information content (AvgIpc) is 3.19. The van der Waals surface area contributed by atoms with Crippen LogP contribution in [0.5, 0.6) is 0 Å². The number of aromatic nitrogens is 2. The van der Waals surface area contributed by atoms with Crippen molar-refractivity contribution in [1.82, 2.24) is 14.9 Å². The molecule has 23 heavy (non-hydrogen) atoms. The zero-order chi connectivity index (χ0) is 16.3. The molecule has 1 aromatic carbocycles. The number of furan rings is 1. The number of hydrogen-bond acceptors (Lipinski definition) is 4. The van der Waals surface area contributed by atoms with Gasteiger partial charge in [-0.3, -0.25) is 4.57 Å². The number of aryl methyl sites for hydroxylation is 1. The molecule has 0 fully saturated rings. The van der Waals surface area contributed by atoms with Crippen molar-refractivity contribution in [2.45, 2.75) is 26.0 Å². The van der Waals surface area contributed by atoms with Gasteiger partial charge in [0, 0.05) is 18.8 Å². The van der Waals surface area contributed by atoms with Crippen LogP contribution in [0.1, 0.15) is 24.2 Å². The summed E-state index contributed by atoms with van der Waals surface area (Å²) in [5, 5.41) is 13.7. The van der Waals surface area contributed by atoms with E-state index in [-0.39, 0.29) is 0 Å². The van der Waals surface area contributed by atoms with Crippen LogP contribution in [-0.4, -0.2) is 21.2 Å². The molecule has 0 saturated heterocycles. The van der Waals surface area contributed by atoms with Gasteiger partial charge in [0.1, 0.15) is 17.2 Å². The highest BCUT2D eigenvalue weighted by Crippen LogP contribution is 2.20. The van der Waals surface area contributed by atoms with Crippen LogP contribution in [-0.2, 0) is 12.1 Å². The fraction of sp³-hybridized carbons (Fsp3) is 0.278. The van der Waals surface area contributed by atoms with Crippen LogP contribution in [0.2, 0.25) is 0 Å². The third-order valence-electron chi connectivity index (χ3n) is 3.85. The molecule has 0 aliphatic heterocycles. The van der Waals surface area contributed by atoms with Crippen LogP contribution in [0, 0.1) is 6.92 Å². The third-order valence-corrected chi connectivity index (χ3v) is 3.85. The van der Waals surface area contributed by atoms with Gasteiger partial charge in [-0.25, -0.2) is 4.98 Å². The van der Waals surface area contributed by atoms with Crippen molar-refractivity contribution in [3.05, 3.63) is 72.2 Å². The fourth-order valence-corrected chi connectivity index (χ4v) is 2.65. The topological polar surface area (TPSA) is 63.2 Å². The lowest BCUT2D eigenvalue weighted by atomic mass is 10.0. The Morgan fingerprint density at radius 3 is 2.70 bits per heavy atom. The molecule has 0 spiro atoms. The predicted octanol–water partition coefficient (Wildman–Crippen LogP) is 2.77. The van der Waals surface area contributed by atoms with Crippen molar-refractivity contribution in [2.75, 3.05) is 6.54 Å². The van der Waals surface area contributed by atoms with Crippen molar-refractivity contribution in [2.24, 2.45) is 0 Å². The SMILES string of the molecule is Cc1ncc(CNCC(C)(O)c2ccco2)n1-c1ccccc1. The molecule has 5 nitrogen and oxygen atoms in total. The van der Waals surface area contributed by atoms with E-state index in [0.29, 0.717) is 18.8 Å². The molecule has 3 rings (SSSR count). The summed E-state index contributed by atoms with van der Waals surface area (Å²) in [6.07, 6.45) is 3.43. The van der Waals surface area contributed by atoms with Crippen LogP contribution in [0.25, 0.3) is 5.69 Å².